The minimum atomic E-state index is 0.544. The van der Waals surface area contributed by atoms with Crippen LogP contribution in [0.1, 0.15) is 26.1 Å². The summed E-state index contributed by atoms with van der Waals surface area (Å²) in [6.07, 6.45) is 5.80. The molecule has 88 valence electrons. The molecule has 0 bridgehead atoms. The Labute approximate surface area is 96.8 Å². The van der Waals surface area contributed by atoms with Crippen molar-refractivity contribution < 1.29 is 4.74 Å². The standard InChI is InChI=1S/C12H19N3O/c1-4-6-8-16-12-9-11(13-3)14-10(15-12)7-5-2/h4,6,9H,5,7-8H2,1-3H3,(H,13,14,15)/b6-4+. The number of hydrogen-bond donors (Lipinski definition) is 1. The number of nitrogens with zero attached hydrogens (tertiary/aromatic N) is 2. The molecule has 1 N–H and O–H groups in total. The zero-order valence-corrected chi connectivity index (χ0v) is 10.2. The lowest BCUT2D eigenvalue weighted by molar-refractivity contribution is 0.346. The van der Waals surface area contributed by atoms with Crippen molar-refractivity contribution in [3.63, 3.8) is 0 Å². The van der Waals surface area contributed by atoms with Crippen LogP contribution < -0.4 is 10.1 Å². The Kier molecular flexibility index (Phi) is 5.32. The molecule has 0 fully saturated rings. The summed E-state index contributed by atoms with van der Waals surface area (Å²) in [6, 6.07) is 1.81. The first-order valence-corrected chi connectivity index (χ1v) is 5.59. The summed E-state index contributed by atoms with van der Waals surface area (Å²) in [7, 11) is 1.84. The number of nitrogens with one attached hydrogen (secondary N) is 1. The third kappa shape index (κ3) is 3.88. The molecule has 4 heteroatoms. The molecule has 0 aromatic carbocycles. The van der Waals surface area contributed by atoms with E-state index in [2.05, 4.69) is 22.2 Å². The highest BCUT2D eigenvalue weighted by Gasteiger charge is 2.03. The molecule has 0 unspecified atom stereocenters. The van der Waals surface area contributed by atoms with Gasteiger partial charge in [0.15, 0.2) is 0 Å². The summed E-state index contributed by atoms with van der Waals surface area (Å²) in [5, 5.41) is 3.01. The van der Waals surface area contributed by atoms with E-state index < -0.39 is 0 Å². The van der Waals surface area contributed by atoms with E-state index in [1.165, 1.54) is 0 Å². The lowest BCUT2D eigenvalue weighted by atomic mass is 10.3. The predicted molar refractivity (Wildman–Crippen MR) is 65.9 cm³/mol. The van der Waals surface area contributed by atoms with Crippen LogP contribution in [0.3, 0.4) is 0 Å². The van der Waals surface area contributed by atoms with Crippen molar-refractivity contribution in [1.29, 1.82) is 0 Å². The van der Waals surface area contributed by atoms with Crippen LogP contribution in [0.15, 0.2) is 18.2 Å². The fraction of sp³-hybridized carbons (Fsp3) is 0.500. The molecule has 0 saturated heterocycles. The van der Waals surface area contributed by atoms with Crippen LogP contribution in [0.25, 0.3) is 0 Å². The van der Waals surface area contributed by atoms with Crippen molar-refractivity contribution >= 4 is 5.82 Å². The summed E-state index contributed by atoms with van der Waals surface area (Å²) >= 11 is 0. The van der Waals surface area contributed by atoms with Gasteiger partial charge in [-0.25, -0.2) is 4.98 Å². The third-order valence-electron chi connectivity index (χ3n) is 2.04. The number of aromatic nitrogens is 2. The molecular formula is C12H19N3O. The minimum absolute atomic E-state index is 0.544. The minimum Gasteiger partial charge on any atom is -0.473 e. The van der Waals surface area contributed by atoms with E-state index in [1.807, 2.05) is 32.2 Å². The van der Waals surface area contributed by atoms with Crippen LogP contribution in [0, 0.1) is 0 Å². The smallest absolute Gasteiger partial charge is 0.219 e. The van der Waals surface area contributed by atoms with Gasteiger partial charge in [-0.05, 0) is 13.3 Å². The first kappa shape index (κ1) is 12.5. The maximum absolute atomic E-state index is 5.50. The second-order valence-electron chi connectivity index (χ2n) is 3.39. The van der Waals surface area contributed by atoms with Gasteiger partial charge < -0.3 is 10.1 Å². The Hall–Kier alpha value is -1.58. The van der Waals surface area contributed by atoms with Gasteiger partial charge in [0.1, 0.15) is 18.2 Å². The van der Waals surface area contributed by atoms with Crippen molar-refractivity contribution in [2.24, 2.45) is 0 Å². The van der Waals surface area contributed by atoms with Crippen LogP contribution in [0.4, 0.5) is 5.82 Å². The highest BCUT2D eigenvalue weighted by molar-refractivity contribution is 5.37. The van der Waals surface area contributed by atoms with Gasteiger partial charge in [0.2, 0.25) is 5.88 Å². The van der Waals surface area contributed by atoms with Gasteiger partial charge in [-0.2, -0.15) is 4.98 Å². The quantitative estimate of drug-likeness (QED) is 0.749. The normalized spacial score (nSPS) is 10.7. The maximum Gasteiger partial charge on any atom is 0.219 e. The summed E-state index contributed by atoms with van der Waals surface area (Å²) < 4.78 is 5.50. The summed E-state index contributed by atoms with van der Waals surface area (Å²) in [5.41, 5.74) is 0. The van der Waals surface area contributed by atoms with Gasteiger partial charge >= 0.3 is 0 Å². The second kappa shape index (κ2) is 6.82. The summed E-state index contributed by atoms with van der Waals surface area (Å²) in [5.74, 6) is 2.25. The summed E-state index contributed by atoms with van der Waals surface area (Å²) in [6.45, 7) is 4.61. The SMILES string of the molecule is C/C=C/COc1cc(NC)nc(CCC)n1. The zero-order chi connectivity index (χ0) is 11.8. The Morgan fingerprint density at radius 2 is 2.25 bits per heavy atom. The lowest BCUT2D eigenvalue weighted by Gasteiger charge is -2.07. The fourth-order valence-electron chi connectivity index (χ4n) is 1.24. The Balaban J connectivity index is 2.77. The Bertz CT molecular complexity index is 350. The van der Waals surface area contributed by atoms with Gasteiger partial charge in [0, 0.05) is 19.5 Å². The molecule has 1 heterocycles. The topological polar surface area (TPSA) is 47.0 Å². The summed E-state index contributed by atoms with van der Waals surface area (Å²) in [4.78, 5) is 8.69. The second-order valence-corrected chi connectivity index (χ2v) is 3.39. The molecule has 4 nitrogen and oxygen atoms in total. The third-order valence-corrected chi connectivity index (χ3v) is 2.04. The highest BCUT2D eigenvalue weighted by atomic mass is 16.5. The van der Waals surface area contributed by atoms with Crippen molar-refractivity contribution in [3.8, 4) is 5.88 Å². The monoisotopic (exact) mass is 221 g/mol. The van der Waals surface area contributed by atoms with Crippen LogP contribution in [0.2, 0.25) is 0 Å². The molecule has 0 aliphatic heterocycles. The van der Waals surface area contributed by atoms with E-state index >= 15 is 0 Å². The molecule has 0 spiro atoms. The number of rotatable bonds is 6. The number of anilines is 1. The van der Waals surface area contributed by atoms with E-state index in [9.17, 15) is 0 Å². The molecule has 0 radical (unpaired) electrons. The van der Waals surface area contributed by atoms with Crippen LogP contribution in [0.5, 0.6) is 5.88 Å². The van der Waals surface area contributed by atoms with Gasteiger partial charge in [-0.15, -0.1) is 0 Å². The predicted octanol–water partition coefficient (Wildman–Crippen LogP) is 2.43. The molecule has 1 aromatic heterocycles. The molecule has 0 aliphatic rings. The van der Waals surface area contributed by atoms with Crippen molar-refractivity contribution in [1.82, 2.24) is 9.97 Å². The molecular weight excluding hydrogens is 202 g/mol. The first-order chi connectivity index (χ1) is 7.80. The van der Waals surface area contributed by atoms with Gasteiger partial charge in [0.05, 0.1) is 0 Å². The van der Waals surface area contributed by atoms with E-state index in [4.69, 9.17) is 4.74 Å². The average molecular weight is 221 g/mol. The van der Waals surface area contributed by atoms with Crippen molar-refractivity contribution in [2.75, 3.05) is 19.0 Å². The number of hydrogen-bond acceptors (Lipinski definition) is 4. The van der Waals surface area contributed by atoms with Crippen LogP contribution in [-0.2, 0) is 6.42 Å². The average Bonchev–Trinajstić information content (AvgIpc) is 2.29. The fourth-order valence-corrected chi connectivity index (χ4v) is 1.24. The van der Waals surface area contributed by atoms with Gasteiger partial charge in [0.25, 0.3) is 0 Å². The van der Waals surface area contributed by atoms with Gasteiger partial charge in [-0.3, -0.25) is 0 Å². The van der Waals surface area contributed by atoms with Gasteiger partial charge in [-0.1, -0.05) is 19.1 Å². The van der Waals surface area contributed by atoms with E-state index in [0.29, 0.717) is 12.5 Å². The van der Waals surface area contributed by atoms with E-state index in [0.717, 1.165) is 24.5 Å². The lowest BCUT2D eigenvalue weighted by Crippen LogP contribution is -2.04. The number of allylic oxidation sites excluding steroid dienone is 1. The molecule has 1 aromatic rings. The Morgan fingerprint density at radius 3 is 2.88 bits per heavy atom. The molecule has 1 rings (SSSR count). The largest absolute Gasteiger partial charge is 0.473 e. The molecule has 0 amide bonds. The first-order valence-electron chi connectivity index (χ1n) is 5.59. The van der Waals surface area contributed by atoms with Crippen molar-refractivity contribution in [2.45, 2.75) is 26.7 Å². The molecule has 0 atom stereocenters. The van der Waals surface area contributed by atoms with Crippen LogP contribution in [-0.4, -0.2) is 23.6 Å². The van der Waals surface area contributed by atoms with Crippen molar-refractivity contribution in [3.05, 3.63) is 24.0 Å². The maximum atomic E-state index is 5.50. The number of aryl methyl sites for hydroxylation is 1. The molecule has 16 heavy (non-hydrogen) atoms. The zero-order valence-electron chi connectivity index (χ0n) is 10.2. The van der Waals surface area contributed by atoms with E-state index in [1.54, 1.807) is 0 Å². The number of ether oxygens (including phenoxy) is 1. The Morgan fingerprint density at radius 1 is 1.44 bits per heavy atom. The highest BCUT2D eigenvalue weighted by Crippen LogP contribution is 2.14. The van der Waals surface area contributed by atoms with E-state index in [-0.39, 0.29) is 0 Å². The molecule has 0 aliphatic carbocycles. The van der Waals surface area contributed by atoms with Crippen LogP contribution >= 0.6 is 0 Å². The molecule has 0 saturated carbocycles.